The molecule has 2 aromatic carbocycles. The first-order chi connectivity index (χ1) is 21.3. The van der Waals surface area contributed by atoms with E-state index in [1.807, 2.05) is 6.20 Å². The summed E-state index contributed by atoms with van der Waals surface area (Å²) in [6.45, 7) is 2.28. The fourth-order valence-corrected chi connectivity index (χ4v) is 7.32. The van der Waals surface area contributed by atoms with Crippen LogP contribution in [0.3, 0.4) is 0 Å². The molecule has 0 spiro atoms. The molecule has 0 amide bonds. The van der Waals surface area contributed by atoms with Gasteiger partial charge < -0.3 is 24.9 Å². The number of carbonyl (C=O) groups excluding carboxylic acids is 1. The maximum absolute atomic E-state index is 13.2. The van der Waals surface area contributed by atoms with Crippen LogP contribution in [0, 0.1) is 0 Å². The Morgan fingerprint density at radius 1 is 1.11 bits per heavy atom. The summed E-state index contributed by atoms with van der Waals surface area (Å²) in [4.78, 5) is 16.7. The highest BCUT2D eigenvalue weighted by molar-refractivity contribution is 7.88. The zero-order valence-corrected chi connectivity index (χ0v) is 25.4. The van der Waals surface area contributed by atoms with Crippen molar-refractivity contribution in [2.24, 2.45) is 0 Å². The van der Waals surface area contributed by atoms with Gasteiger partial charge in [-0.3, -0.25) is 4.68 Å². The monoisotopic (exact) mass is 644 g/mol. The summed E-state index contributed by atoms with van der Waals surface area (Å²) in [5.74, 6) is -0.989. The third-order valence-corrected chi connectivity index (χ3v) is 10.1. The number of H-pyrrole nitrogens is 1. The lowest BCUT2D eigenvalue weighted by Crippen LogP contribution is -2.40. The molecule has 2 aliphatic rings. The molecule has 240 valence electrons. The molecule has 10 nitrogen and oxygen atoms in total. The quantitative estimate of drug-likeness (QED) is 0.301. The predicted molar refractivity (Wildman–Crippen MR) is 159 cm³/mol. The van der Waals surface area contributed by atoms with Gasteiger partial charge in [0.15, 0.2) is 0 Å². The molecule has 2 N–H and O–H groups in total. The highest BCUT2D eigenvalue weighted by atomic mass is 32.2. The van der Waals surface area contributed by atoms with Gasteiger partial charge in [0.05, 0.1) is 36.1 Å². The first-order valence-electron chi connectivity index (χ1n) is 14.7. The van der Waals surface area contributed by atoms with Crippen LogP contribution in [0.25, 0.3) is 22.2 Å². The number of alkyl halides is 3. The van der Waals surface area contributed by atoms with Crippen molar-refractivity contribution in [2.45, 2.75) is 50.6 Å². The zero-order chi connectivity index (χ0) is 32.1. The lowest BCUT2D eigenvalue weighted by molar-refractivity contribution is -0.255. The summed E-state index contributed by atoms with van der Waals surface area (Å²) in [5, 5.41) is 28.0. The number of likely N-dealkylation sites (tertiary alicyclic amines) is 1. The van der Waals surface area contributed by atoms with Crippen LogP contribution >= 0.6 is 0 Å². The molecule has 0 aliphatic carbocycles. The Morgan fingerprint density at radius 3 is 2.47 bits per heavy atom. The maximum atomic E-state index is 13.2. The topological polar surface area (TPSA) is 135 Å². The number of hydrogen-bond acceptors (Lipinski definition) is 7. The zero-order valence-electron chi connectivity index (χ0n) is 24.5. The number of hydrogen-bond donors (Lipinski definition) is 2. The van der Waals surface area contributed by atoms with E-state index in [2.05, 4.69) is 15.0 Å². The van der Waals surface area contributed by atoms with Gasteiger partial charge in [-0.2, -0.15) is 22.6 Å². The van der Waals surface area contributed by atoms with Crippen LogP contribution in [0.5, 0.6) is 0 Å². The van der Waals surface area contributed by atoms with Gasteiger partial charge in [-0.1, -0.05) is 18.2 Å². The Morgan fingerprint density at radius 2 is 1.82 bits per heavy atom. The van der Waals surface area contributed by atoms with Crippen LogP contribution in [0.4, 0.5) is 13.2 Å². The summed E-state index contributed by atoms with van der Waals surface area (Å²) in [6.07, 6.45) is -0.219. The minimum absolute atomic E-state index is 0.0481. The number of piperidine rings is 1. The molecular weight excluding hydrogens is 611 g/mol. The van der Waals surface area contributed by atoms with E-state index in [0.717, 1.165) is 66.5 Å². The average molecular weight is 645 g/mol. The van der Waals surface area contributed by atoms with Crippen molar-refractivity contribution < 1.29 is 36.6 Å². The molecule has 1 fully saturated rings. The number of fused-ring (bicyclic) bond motifs is 2. The molecule has 0 radical (unpaired) electrons. The van der Waals surface area contributed by atoms with Gasteiger partial charge in [-0.05, 0) is 67.2 Å². The van der Waals surface area contributed by atoms with Crippen LogP contribution in [0.15, 0.2) is 48.7 Å². The first-order valence-corrected chi connectivity index (χ1v) is 16.6. The van der Waals surface area contributed by atoms with Crippen molar-refractivity contribution in [2.75, 3.05) is 32.4 Å². The van der Waals surface area contributed by atoms with Crippen molar-refractivity contribution in [1.82, 2.24) is 24.0 Å². The number of aromatic carboxylic acids is 1. The van der Waals surface area contributed by atoms with Crippen LogP contribution in [-0.2, 0) is 35.7 Å². The molecule has 1 atom stereocenters. The SMILES string of the molecule is CS(=O)(=O)N1CCc2c(c(-c3ccc(C(F)(F)F)cc3)nn2CC(O)CN2CCC(c3c[nH]c4ccc(C(=O)[O-])cc34)CC2)C1. The lowest BCUT2D eigenvalue weighted by atomic mass is 9.89. The molecule has 4 aromatic rings. The van der Waals surface area contributed by atoms with Crippen LogP contribution in [0.2, 0.25) is 0 Å². The number of aromatic amines is 1. The Kier molecular flexibility index (Phi) is 8.27. The van der Waals surface area contributed by atoms with Gasteiger partial charge in [-0.25, -0.2) is 8.42 Å². The number of aliphatic hydroxyl groups is 1. The Labute approximate surface area is 258 Å². The summed E-state index contributed by atoms with van der Waals surface area (Å²) in [7, 11) is -3.51. The molecular formula is C31H33F3N5O5S-. The first kappa shape index (κ1) is 31.3. The summed E-state index contributed by atoms with van der Waals surface area (Å²) in [6, 6.07) is 9.54. The molecule has 1 saturated heterocycles. The summed E-state index contributed by atoms with van der Waals surface area (Å²) >= 11 is 0. The number of aliphatic hydroxyl groups excluding tert-OH is 1. The van der Waals surface area contributed by atoms with E-state index in [1.165, 1.54) is 22.5 Å². The van der Waals surface area contributed by atoms with Gasteiger partial charge in [-0.15, -0.1) is 0 Å². The van der Waals surface area contributed by atoms with E-state index in [4.69, 9.17) is 0 Å². The third kappa shape index (κ3) is 6.50. The lowest BCUT2D eigenvalue weighted by Gasteiger charge is -2.33. The van der Waals surface area contributed by atoms with Crippen LogP contribution < -0.4 is 5.11 Å². The molecule has 2 aromatic heterocycles. The van der Waals surface area contributed by atoms with Crippen molar-refractivity contribution in [3.05, 3.63) is 76.6 Å². The second kappa shape index (κ2) is 11.9. The molecule has 0 bridgehead atoms. The van der Waals surface area contributed by atoms with E-state index in [9.17, 15) is 36.6 Å². The van der Waals surface area contributed by atoms with Crippen molar-refractivity contribution >= 4 is 26.9 Å². The highest BCUT2D eigenvalue weighted by Crippen LogP contribution is 2.36. The third-order valence-electron chi connectivity index (χ3n) is 8.88. The number of sulfonamides is 1. The van der Waals surface area contributed by atoms with E-state index in [-0.39, 0.29) is 31.1 Å². The second-order valence-corrected chi connectivity index (χ2v) is 13.9. The van der Waals surface area contributed by atoms with E-state index in [1.54, 1.807) is 16.8 Å². The minimum atomic E-state index is -4.49. The van der Waals surface area contributed by atoms with Gasteiger partial charge >= 0.3 is 6.18 Å². The van der Waals surface area contributed by atoms with Crippen molar-refractivity contribution in [3.63, 3.8) is 0 Å². The molecule has 4 heterocycles. The number of carboxylic acid groups (broad SMARTS) is 1. The van der Waals surface area contributed by atoms with E-state index < -0.39 is 33.8 Å². The van der Waals surface area contributed by atoms with Crippen LogP contribution in [-0.4, -0.2) is 82.0 Å². The van der Waals surface area contributed by atoms with Gasteiger partial charge in [0.1, 0.15) is 0 Å². The number of benzene rings is 2. The standard InChI is InChI=1S/C31H34F3N5O5S/c1-45(43,44)38-13-10-28-26(18-38)29(20-2-5-22(6-3-20)31(32,33)34)36-39(28)17-23(40)16-37-11-8-19(9-12-37)25-15-35-27-7-4-21(30(41)42)14-24(25)27/h2-7,14-15,19,23,35,40H,8-13,16-18H2,1H3,(H,41,42)/p-1. The van der Waals surface area contributed by atoms with Gasteiger partial charge in [0.25, 0.3) is 0 Å². The smallest absolute Gasteiger partial charge is 0.416 e. The average Bonchev–Trinajstić information content (AvgIpc) is 3.57. The normalized spacial score (nSPS) is 17.9. The molecule has 0 saturated carbocycles. The van der Waals surface area contributed by atoms with Gasteiger partial charge in [0, 0.05) is 60.0 Å². The number of rotatable bonds is 8. The molecule has 14 heteroatoms. The van der Waals surface area contributed by atoms with Crippen molar-refractivity contribution in [3.8, 4) is 11.3 Å². The number of aromatic nitrogens is 3. The summed E-state index contributed by atoms with van der Waals surface area (Å²) in [5.41, 5.74) is 3.51. The van der Waals surface area contributed by atoms with Crippen LogP contribution in [0.1, 0.15) is 51.5 Å². The number of halogens is 3. The Bertz CT molecular complexity index is 1830. The van der Waals surface area contributed by atoms with E-state index >= 15 is 0 Å². The number of carbonyl (C=O) groups is 1. The fraction of sp³-hybridized carbons (Fsp3) is 0.419. The second-order valence-electron chi connectivity index (χ2n) is 11.9. The Balaban J connectivity index is 1.16. The number of carboxylic acids is 1. The van der Waals surface area contributed by atoms with E-state index in [0.29, 0.717) is 29.8 Å². The van der Waals surface area contributed by atoms with Crippen molar-refractivity contribution in [1.29, 1.82) is 0 Å². The highest BCUT2D eigenvalue weighted by Gasteiger charge is 2.33. The Hall–Kier alpha value is -3.72. The molecule has 45 heavy (non-hydrogen) atoms. The largest absolute Gasteiger partial charge is 0.545 e. The number of β-amino-alcohol motifs (C(OH)–C–C–N with tert-alkyl or cyclic N) is 1. The minimum Gasteiger partial charge on any atom is -0.545 e. The number of nitrogens with one attached hydrogen (secondary N) is 1. The molecule has 6 rings (SSSR count). The molecule has 1 unspecified atom stereocenters. The fourth-order valence-electron chi connectivity index (χ4n) is 6.54. The maximum Gasteiger partial charge on any atom is 0.416 e. The van der Waals surface area contributed by atoms with Gasteiger partial charge in [0.2, 0.25) is 10.0 Å². The predicted octanol–water partition coefficient (Wildman–Crippen LogP) is 2.97. The summed E-state index contributed by atoms with van der Waals surface area (Å²) < 4.78 is 67.1. The molecule has 2 aliphatic heterocycles. The number of nitrogens with zero attached hydrogens (tertiary/aromatic N) is 4.